The molecule has 0 spiro atoms. The van der Waals surface area contributed by atoms with E-state index in [1.807, 2.05) is 14.0 Å². The number of rotatable bonds is 3. The molecule has 1 N–H and O–H groups in total. The summed E-state index contributed by atoms with van der Waals surface area (Å²) in [5.74, 6) is 0.449. The normalized spacial score (nSPS) is 12.9. The first-order valence-corrected chi connectivity index (χ1v) is 3.48. The molecule has 0 bridgehead atoms. The third kappa shape index (κ3) is 2.21. The third-order valence-corrected chi connectivity index (χ3v) is 1.48. The highest BCUT2D eigenvalue weighted by Gasteiger charge is 2.02. The van der Waals surface area contributed by atoms with Gasteiger partial charge in [-0.1, -0.05) is 13.8 Å². The minimum atomic E-state index is 0.449. The summed E-state index contributed by atoms with van der Waals surface area (Å²) in [6.07, 6.45) is 0. The van der Waals surface area contributed by atoms with Crippen molar-refractivity contribution in [1.29, 1.82) is 0 Å². The van der Waals surface area contributed by atoms with Gasteiger partial charge in [0.15, 0.2) is 0 Å². The van der Waals surface area contributed by atoms with E-state index in [1.54, 1.807) is 0 Å². The average molecular weight is 140 g/mol. The van der Waals surface area contributed by atoms with Gasteiger partial charge in [-0.2, -0.15) is 0 Å². The van der Waals surface area contributed by atoms with Gasteiger partial charge in [0.2, 0.25) is 0 Å². The fourth-order valence-electron chi connectivity index (χ4n) is 0.862. The summed E-state index contributed by atoms with van der Waals surface area (Å²) in [4.78, 5) is 3.93. The second kappa shape index (κ2) is 4.09. The maximum atomic E-state index is 3.93. The highest BCUT2D eigenvalue weighted by molar-refractivity contribution is 5.30. The van der Waals surface area contributed by atoms with E-state index in [0.717, 1.165) is 11.4 Å². The summed E-state index contributed by atoms with van der Waals surface area (Å²) in [6, 6.07) is 0. The Morgan fingerprint density at radius 3 is 2.10 bits per heavy atom. The minimum absolute atomic E-state index is 0.449. The van der Waals surface area contributed by atoms with Gasteiger partial charge in [-0.25, -0.2) is 0 Å². The summed E-state index contributed by atoms with van der Waals surface area (Å²) in [5.41, 5.74) is 2.15. The molecule has 0 rings (SSSR count). The summed E-state index contributed by atoms with van der Waals surface area (Å²) >= 11 is 0. The zero-order valence-electron chi connectivity index (χ0n) is 7.23. The molecule has 0 fully saturated rings. The van der Waals surface area contributed by atoms with Gasteiger partial charge in [0.25, 0.3) is 0 Å². The minimum Gasteiger partial charge on any atom is -0.390 e. The van der Waals surface area contributed by atoms with Gasteiger partial charge in [-0.05, 0) is 19.6 Å². The van der Waals surface area contributed by atoms with Crippen LogP contribution in [0.5, 0.6) is 0 Å². The smallest absolute Gasteiger partial charge is 0.0607 e. The molecule has 0 aromatic heterocycles. The molecule has 0 aliphatic carbocycles. The molecule has 0 atom stereocenters. The molecule has 0 aliphatic heterocycles. The van der Waals surface area contributed by atoms with Crippen molar-refractivity contribution in [3.8, 4) is 0 Å². The van der Waals surface area contributed by atoms with Crippen LogP contribution in [-0.4, -0.2) is 13.8 Å². The van der Waals surface area contributed by atoms with Crippen LogP contribution in [0.1, 0.15) is 20.8 Å². The van der Waals surface area contributed by atoms with Gasteiger partial charge in [0, 0.05) is 12.7 Å². The number of nitrogens with zero attached hydrogens (tertiary/aromatic N) is 1. The predicted molar refractivity (Wildman–Crippen MR) is 46.1 cm³/mol. The van der Waals surface area contributed by atoms with E-state index in [4.69, 9.17) is 0 Å². The molecular formula is C8H16N2. The van der Waals surface area contributed by atoms with Crippen LogP contribution < -0.4 is 5.32 Å². The first-order valence-electron chi connectivity index (χ1n) is 3.48. The molecule has 10 heavy (non-hydrogen) atoms. The van der Waals surface area contributed by atoms with Crippen LogP contribution in [0.25, 0.3) is 0 Å². The lowest BCUT2D eigenvalue weighted by molar-refractivity contribution is 0.729. The molecule has 58 valence electrons. The Bertz CT molecular complexity index is 145. The summed E-state index contributed by atoms with van der Waals surface area (Å²) < 4.78 is 0. The number of nitrogens with one attached hydrogen (secondary N) is 1. The molecule has 0 unspecified atom stereocenters. The fraction of sp³-hybridized carbons (Fsp3) is 0.625. The van der Waals surface area contributed by atoms with E-state index in [0.29, 0.717) is 5.92 Å². The standard InChI is InChI=1S/C8H16N2/c1-6(2)8(10-5)7(3)9-4/h6,9H,5H2,1-4H3/b8-7-. The molecule has 2 nitrogen and oxygen atoms in total. The van der Waals surface area contributed by atoms with Gasteiger partial charge in [0.1, 0.15) is 0 Å². The van der Waals surface area contributed by atoms with Crippen molar-refractivity contribution < 1.29 is 0 Å². The first kappa shape index (κ1) is 9.21. The summed E-state index contributed by atoms with van der Waals surface area (Å²) in [7, 11) is 1.89. The van der Waals surface area contributed by atoms with E-state index < -0.39 is 0 Å². The maximum absolute atomic E-state index is 3.93. The molecule has 0 saturated carbocycles. The largest absolute Gasteiger partial charge is 0.390 e. The number of allylic oxidation sites excluding steroid dienone is 2. The molecular weight excluding hydrogens is 124 g/mol. The van der Waals surface area contributed by atoms with Crippen LogP contribution in [0.3, 0.4) is 0 Å². The summed E-state index contributed by atoms with van der Waals surface area (Å²) in [5, 5.41) is 3.04. The summed E-state index contributed by atoms with van der Waals surface area (Å²) in [6.45, 7) is 9.71. The number of hydrogen-bond acceptors (Lipinski definition) is 2. The van der Waals surface area contributed by atoms with Crippen LogP contribution in [0.15, 0.2) is 16.4 Å². The Hall–Kier alpha value is -0.790. The van der Waals surface area contributed by atoms with E-state index in [2.05, 4.69) is 30.9 Å². The monoisotopic (exact) mass is 140 g/mol. The highest BCUT2D eigenvalue weighted by Crippen LogP contribution is 2.12. The molecule has 0 aliphatic rings. The van der Waals surface area contributed by atoms with Crippen molar-refractivity contribution in [2.45, 2.75) is 20.8 Å². The second-order valence-electron chi connectivity index (χ2n) is 2.57. The SMILES string of the molecule is C=N/C(=C(/C)NC)C(C)C. The van der Waals surface area contributed by atoms with Gasteiger partial charge < -0.3 is 5.32 Å². The molecule has 0 aromatic rings. The number of hydrogen-bond donors (Lipinski definition) is 1. The molecule has 0 radical (unpaired) electrons. The molecule has 2 heteroatoms. The van der Waals surface area contributed by atoms with Crippen molar-refractivity contribution in [2.24, 2.45) is 10.9 Å². The van der Waals surface area contributed by atoms with E-state index in [-0.39, 0.29) is 0 Å². The Kier molecular flexibility index (Phi) is 3.77. The second-order valence-corrected chi connectivity index (χ2v) is 2.57. The van der Waals surface area contributed by atoms with E-state index in [1.165, 1.54) is 0 Å². The van der Waals surface area contributed by atoms with Crippen LogP contribution in [0.4, 0.5) is 0 Å². The Morgan fingerprint density at radius 2 is 2.00 bits per heavy atom. The van der Waals surface area contributed by atoms with E-state index >= 15 is 0 Å². The van der Waals surface area contributed by atoms with Crippen molar-refractivity contribution in [1.82, 2.24) is 5.32 Å². The Balaban J connectivity index is 4.45. The van der Waals surface area contributed by atoms with Crippen LogP contribution in [0, 0.1) is 5.92 Å². The zero-order valence-corrected chi connectivity index (χ0v) is 7.23. The van der Waals surface area contributed by atoms with Gasteiger partial charge >= 0.3 is 0 Å². The van der Waals surface area contributed by atoms with Crippen LogP contribution >= 0.6 is 0 Å². The average Bonchev–Trinajstić information content (AvgIpc) is 1.88. The third-order valence-electron chi connectivity index (χ3n) is 1.48. The quantitative estimate of drug-likeness (QED) is 0.594. The number of aliphatic imine (C=N–C) groups is 1. The lowest BCUT2D eigenvalue weighted by Gasteiger charge is -2.09. The fourth-order valence-corrected chi connectivity index (χ4v) is 0.862. The molecule has 0 amide bonds. The van der Waals surface area contributed by atoms with Gasteiger partial charge in [0.05, 0.1) is 5.70 Å². The zero-order chi connectivity index (χ0) is 8.15. The van der Waals surface area contributed by atoms with Crippen LogP contribution in [0.2, 0.25) is 0 Å². The van der Waals surface area contributed by atoms with Crippen molar-refractivity contribution in [3.05, 3.63) is 11.4 Å². The maximum Gasteiger partial charge on any atom is 0.0607 e. The van der Waals surface area contributed by atoms with Crippen molar-refractivity contribution >= 4 is 6.72 Å². The highest BCUT2D eigenvalue weighted by atomic mass is 14.9. The Morgan fingerprint density at radius 1 is 1.50 bits per heavy atom. The molecule has 0 aromatic carbocycles. The lowest BCUT2D eigenvalue weighted by atomic mass is 10.1. The van der Waals surface area contributed by atoms with Crippen molar-refractivity contribution in [3.63, 3.8) is 0 Å². The van der Waals surface area contributed by atoms with Gasteiger partial charge in [-0.15, -0.1) is 0 Å². The predicted octanol–water partition coefficient (Wildman–Crippen LogP) is 1.79. The van der Waals surface area contributed by atoms with Crippen LogP contribution in [-0.2, 0) is 0 Å². The van der Waals surface area contributed by atoms with Crippen molar-refractivity contribution in [2.75, 3.05) is 7.05 Å². The molecule has 0 saturated heterocycles. The van der Waals surface area contributed by atoms with Gasteiger partial charge in [-0.3, -0.25) is 4.99 Å². The lowest BCUT2D eigenvalue weighted by Crippen LogP contribution is -2.07. The van der Waals surface area contributed by atoms with E-state index in [9.17, 15) is 0 Å². The molecule has 0 heterocycles. The topological polar surface area (TPSA) is 24.4 Å². The first-order chi connectivity index (χ1) is 4.63. The Labute approximate surface area is 63.0 Å².